The fraction of sp³-hybridized carbons (Fsp3) is 0.462. The Hall–Kier alpha value is -1.55. The second-order valence-electron chi connectivity index (χ2n) is 4.76. The zero-order valence-corrected chi connectivity index (χ0v) is 9.44. The normalized spacial score (nSPS) is 20.2. The molecule has 1 N–H and O–H groups in total. The fourth-order valence-corrected chi connectivity index (χ4v) is 2.53. The molecule has 0 bridgehead atoms. The van der Waals surface area contributed by atoms with Gasteiger partial charge in [-0.05, 0) is 17.2 Å². The minimum atomic E-state index is -0.773. The van der Waals surface area contributed by atoms with Gasteiger partial charge in [0, 0.05) is 6.42 Å². The van der Waals surface area contributed by atoms with Crippen LogP contribution in [0.2, 0.25) is 0 Å². The molecule has 1 fully saturated rings. The summed E-state index contributed by atoms with van der Waals surface area (Å²) in [4.78, 5) is 10.9. The molecule has 2 heterocycles. The standard InChI is InChI=1S/C13H14O4/c14-12(15)6-13(7-16-8-13)10-1-2-11-9(5-10)3-4-17-11/h1-2,5H,3-4,6-8H2,(H,14,15). The molecule has 1 aromatic rings. The molecule has 1 saturated heterocycles. The Labute approximate surface area is 99.2 Å². The van der Waals surface area contributed by atoms with E-state index < -0.39 is 5.97 Å². The maximum Gasteiger partial charge on any atom is 0.304 e. The summed E-state index contributed by atoms with van der Waals surface area (Å²) in [7, 11) is 0. The van der Waals surface area contributed by atoms with Gasteiger partial charge in [-0.1, -0.05) is 12.1 Å². The van der Waals surface area contributed by atoms with Gasteiger partial charge in [-0.3, -0.25) is 4.79 Å². The number of hydrogen-bond acceptors (Lipinski definition) is 3. The monoisotopic (exact) mass is 234 g/mol. The van der Waals surface area contributed by atoms with Crippen molar-refractivity contribution in [3.05, 3.63) is 29.3 Å². The van der Waals surface area contributed by atoms with Crippen molar-refractivity contribution >= 4 is 5.97 Å². The molecule has 0 radical (unpaired) electrons. The maximum absolute atomic E-state index is 10.9. The first-order valence-corrected chi connectivity index (χ1v) is 5.75. The summed E-state index contributed by atoms with van der Waals surface area (Å²) in [5.41, 5.74) is 1.92. The van der Waals surface area contributed by atoms with E-state index in [2.05, 4.69) is 6.07 Å². The van der Waals surface area contributed by atoms with E-state index in [1.165, 1.54) is 5.56 Å². The van der Waals surface area contributed by atoms with Gasteiger partial charge in [0.1, 0.15) is 5.75 Å². The first kappa shape index (κ1) is 10.6. The van der Waals surface area contributed by atoms with Gasteiger partial charge in [-0.25, -0.2) is 0 Å². The number of carboxylic acids is 1. The van der Waals surface area contributed by atoms with Gasteiger partial charge in [0.05, 0.1) is 31.7 Å². The van der Waals surface area contributed by atoms with Crippen LogP contribution < -0.4 is 4.74 Å². The molecule has 17 heavy (non-hydrogen) atoms. The zero-order valence-electron chi connectivity index (χ0n) is 9.44. The lowest BCUT2D eigenvalue weighted by Crippen LogP contribution is -2.48. The maximum atomic E-state index is 10.9. The molecule has 2 aliphatic heterocycles. The Bertz CT molecular complexity index is 462. The van der Waals surface area contributed by atoms with Crippen molar-refractivity contribution in [2.75, 3.05) is 19.8 Å². The van der Waals surface area contributed by atoms with Gasteiger partial charge in [0.2, 0.25) is 0 Å². The summed E-state index contributed by atoms with van der Waals surface area (Å²) in [6.07, 6.45) is 1.04. The smallest absolute Gasteiger partial charge is 0.304 e. The molecule has 3 rings (SSSR count). The molecule has 0 amide bonds. The van der Waals surface area contributed by atoms with Gasteiger partial charge >= 0.3 is 5.97 Å². The van der Waals surface area contributed by atoms with Crippen molar-refractivity contribution in [3.63, 3.8) is 0 Å². The zero-order chi connectivity index (χ0) is 11.9. The molecule has 2 aliphatic rings. The number of fused-ring (bicyclic) bond motifs is 1. The molecule has 0 atom stereocenters. The van der Waals surface area contributed by atoms with Crippen LogP contribution in [0, 0.1) is 0 Å². The van der Waals surface area contributed by atoms with E-state index in [9.17, 15) is 4.79 Å². The van der Waals surface area contributed by atoms with Crippen molar-refractivity contribution in [1.29, 1.82) is 0 Å². The highest BCUT2D eigenvalue weighted by atomic mass is 16.5. The number of ether oxygens (including phenoxy) is 2. The minimum absolute atomic E-state index is 0.132. The number of rotatable bonds is 3. The Kier molecular flexibility index (Phi) is 2.33. The molecule has 90 valence electrons. The number of benzene rings is 1. The van der Waals surface area contributed by atoms with Crippen LogP contribution in [0.4, 0.5) is 0 Å². The second-order valence-corrected chi connectivity index (χ2v) is 4.76. The van der Waals surface area contributed by atoms with Gasteiger partial charge < -0.3 is 14.6 Å². The molecule has 1 aromatic carbocycles. The highest BCUT2D eigenvalue weighted by Gasteiger charge is 2.42. The van der Waals surface area contributed by atoms with Crippen LogP contribution in [0.1, 0.15) is 17.5 Å². The number of hydrogen-bond donors (Lipinski definition) is 1. The van der Waals surface area contributed by atoms with E-state index in [-0.39, 0.29) is 11.8 Å². The summed E-state index contributed by atoms with van der Waals surface area (Å²) >= 11 is 0. The van der Waals surface area contributed by atoms with Crippen LogP contribution in [0.3, 0.4) is 0 Å². The average molecular weight is 234 g/mol. The highest BCUT2D eigenvalue weighted by Crippen LogP contribution is 2.38. The minimum Gasteiger partial charge on any atom is -0.493 e. The molecule has 0 unspecified atom stereocenters. The average Bonchev–Trinajstić information content (AvgIpc) is 2.69. The molecule has 0 spiro atoms. The molecular weight excluding hydrogens is 220 g/mol. The van der Waals surface area contributed by atoms with Gasteiger partial charge in [0.15, 0.2) is 0 Å². The molecule has 4 nitrogen and oxygen atoms in total. The topological polar surface area (TPSA) is 55.8 Å². The number of carboxylic acid groups (broad SMARTS) is 1. The van der Waals surface area contributed by atoms with Crippen LogP contribution in [0.15, 0.2) is 18.2 Å². The van der Waals surface area contributed by atoms with Crippen LogP contribution in [-0.4, -0.2) is 30.9 Å². The van der Waals surface area contributed by atoms with Crippen molar-refractivity contribution in [2.24, 2.45) is 0 Å². The first-order valence-electron chi connectivity index (χ1n) is 5.75. The quantitative estimate of drug-likeness (QED) is 0.858. The van der Waals surface area contributed by atoms with E-state index in [1.54, 1.807) is 0 Å². The molecule has 0 saturated carbocycles. The fourth-order valence-electron chi connectivity index (χ4n) is 2.53. The molecule has 0 aliphatic carbocycles. The Morgan fingerprint density at radius 1 is 1.41 bits per heavy atom. The largest absolute Gasteiger partial charge is 0.493 e. The van der Waals surface area contributed by atoms with Crippen LogP contribution in [-0.2, 0) is 21.4 Å². The van der Waals surface area contributed by atoms with E-state index in [1.807, 2.05) is 12.1 Å². The van der Waals surface area contributed by atoms with Crippen molar-refractivity contribution < 1.29 is 19.4 Å². The predicted octanol–water partition coefficient (Wildman–Crippen LogP) is 1.36. The van der Waals surface area contributed by atoms with Gasteiger partial charge in [-0.2, -0.15) is 0 Å². The van der Waals surface area contributed by atoms with Crippen LogP contribution >= 0.6 is 0 Å². The van der Waals surface area contributed by atoms with E-state index in [0.29, 0.717) is 13.2 Å². The van der Waals surface area contributed by atoms with Crippen molar-refractivity contribution in [3.8, 4) is 5.75 Å². The summed E-state index contributed by atoms with van der Waals surface area (Å²) in [5, 5.41) is 8.99. The summed E-state index contributed by atoms with van der Waals surface area (Å²) < 4.78 is 10.7. The Balaban J connectivity index is 1.94. The summed E-state index contributed by atoms with van der Waals surface area (Å²) in [5.74, 6) is 0.157. The second kappa shape index (κ2) is 3.74. The first-order chi connectivity index (χ1) is 8.20. The predicted molar refractivity (Wildman–Crippen MR) is 60.4 cm³/mol. The van der Waals surface area contributed by atoms with Gasteiger partial charge in [0.25, 0.3) is 0 Å². The third kappa shape index (κ3) is 1.69. The Morgan fingerprint density at radius 3 is 2.88 bits per heavy atom. The third-order valence-corrected chi connectivity index (χ3v) is 3.55. The van der Waals surface area contributed by atoms with Crippen molar-refractivity contribution in [1.82, 2.24) is 0 Å². The van der Waals surface area contributed by atoms with Crippen LogP contribution in [0.5, 0.6) is 5.75 Å². The van der Waals surface area contributed by atoms with E-state index >= 15 is 0 Å². The third-order valence-electron chi connectivity index (χ3n) is 3.55. The number of carbonyl (C=O) groups is 1. The summed E-state index contributed by atoms with van der Waals surface area (Å²) in [6, 6.07) is 5.99. The lowest BCUT2D eigenvalue weighted by Gasteiger charge is -2.41. The lowest BCUT2D eigenvalue weighted by atomic mass is 9.75. The molecule has 0 aromatic heterocycles. The van der Waals surface area contributed by atoms with Crippen LogP contribution in [0.25, 0.3) is 0 Å². The van der Waals surface area contributed by atoms with E-state index in [4.69, 9.17) is 14.6 Å². The SMILES string of the molecule is O=C(O)CC1(c2ccc3c(c2)CCO3)COC1. The molecular formula is C13H14O4. The number of aliphatic carboxylic acids is 1. The Morgan fingerprint density at radius 2 is 2.24 bits per heavy atom. The molecule has 4 heteroatoms. The van der Waals surface area contributed by atoms with E-state index in [0.717, 1.165) is 24.3 Å². The van der Waals surface area contributed by atoms with Gasteiger partial charge in [-0.15, -0.1) is 0 Å². The summed E-state index contributed by atoms with van der Waals surface area (Å²) in [6.45, 7) is 1.72. The highest BCUT2D eigenvalue weighted by molar-refractivity contribution is 5.69. The lowest BCUT2D eigenvalue weighted by molar-refractivity contribution is -0.145. The van der Waals surface area contributed by atoms with Crippen molar-refractivity contribution in [2.45, 2.75) is 18.3 Å².